The Morgan fingerprint density at radius 3 is 2.16 bits per heavy atom. The quantitative estimate of drug-likeness (QED) is 0.540. The number of benzene rings is 2. The van der Waals surface area contributed by atoms with Crippen LogP contribution in [0.3, 0.4) is 0 Å². The zero-order valence-electron chi connectivity index (χ0n) is 18.2. The molecule has 1 aliphatic heterocycles. The largest absolute Gasteiger partial charge is 0.369 e. The highest BCUT2D eigenvalue weighted by atomic mass is 32.2. The number of nitrogens with zero attached hydrogens (tertiary/aromatic N) is 3. The lowest BCUT2D eigenvalue weighted by Gasteiger charge is -2.35. The molecule has 3 aromatic rings. The molecule has 0 atom stereocenters. The molecule has 0 N–H and O–H groups in total. The van der Waals surface area contributed by atoms with E-state index >= 15 is 0 Å². The van der Waals surface area contributed by atoms with Gasteiger partial charge in [0.15, 0.2) is 0 Å². The third kappa shape index (κ3) is 5.34. The van der Waals surface area contributed by atoms with E-state index in [-0.39, 0.29) is 11.6 Å². The van der Waals surface area contributed by atoms with E-state index in [1.807, 2.05) is 18.2 Å². The van der Waals surface area contributed by atoms with Crippen molar-refractivity contribution in [3.05, 3.63) is 83.9 Å². The third-order valence-electron chi connectivity index (χ3n) is 5.97. The Morgan fingerprint density at radius 2 is 1.50 bits per heavy atom. The number of aromatic nitrogens is 1. The van der Waals surface area contributed by atoms with E-state index in [1.165, 1.54) is 5.56 Å². The highest BCUT2D eigenvalue weighted by molar-refractivity contribution is 7.89. The molecule has 2 heterocycles. The summed E-state index contributed by atoms with van der Waals surface area (Å²) >= 11 is 0. The number of pyridine rings is 1. The summed E-state index contributed by atoms with van der Waals surface area (Å²) in [5, 5.41) is 0. The standard InChI is InChI=1S/C25H28FN3O2S/c1-2-32(30,31)29-15-13-28(14-16-29)25-7-5-20(6-8-25)3-4-21-17-23(19-24(26)18-21)22-9-11-27-12-10-22/h5-12,17-19H,2-4,13-16H2,1H3. The zero-order valence-corrected chi connectivity index (χ0v) is 19.1. The van der Waals surface area contributed by atoms with Crippen LogP contribution in [0.4, 0.5) is 10.1 Å². The SMILES string of the molecule is CCS(=O)(=O)N1CCN(c2ccc(CCc3cc(F)cc(-c4ccncc4)c3)cc2)CC1. The van der Waals surface area contributed by atoms with Gasteiger partial charge in [-0.15, -0.1) is 0 Å². The Hall–Kier alpha value is -2.77. The molecule has 0 spiro atoms. The van der Waals surface area contributed by atoms with Crippen LogP contribution in [0.2, 0.25) is 0 Å². The van der Waals surface area contributed by atoms with Crippen molar-refractivity contribution in [2.24, 2.45) is 0 Å². The van der Waals surface area contributed by atoms with Gasteiger partial charge in [-0.25, -0.2) is 12.8 Å². The maximum absolute atomic E-state index is 14.2. The number of aryl methyl sites for hydroxylation is 2. The number of anilines is 1. The molecule has 168 valence electrons. The van der Waals surface area contributed by atoms with Crippen LogP contribution in [0, 0.1) is 5.82 Å². The predicted molar refractivity (Wildman–Crippen MR) is 127 cm³/mol. The molecule has 1 aromatic heterocycles. The fourth-order valence-corrected chi connectivity index (χ4v) is 5.16. The zero-order chi connectivity index (χ0) is 22.6. The van der Waals surface area contributed by atoms with Crippen molar-refractivity contribution in [3.63, 3.8) is 0 Å². The first-order chi connectivity index (χ1) is 15.4. The van der Waals surface area contributed by atoms with Crippen molar-refractivity contribution in [2.75, 3.05) is 36.8 Å². The van der Waals surface area contributed by atoms with Gasteiger partial charge in [-0.3, -0.25) is 4.98 Å². The normalized spacial score (nSPS) is 15.1. The Kier molecular flexibility index (Phi) is 6.86. The van der Waals surface area contributed by atoms with Gasteiger partial charge in [-0.1, -0.05) is 18.2 Å². The minimum atomic E-state index is -3.11. The van der Waals surface area contributed by atoms with Gasteiger partial charge >= 0.3 is 0 Å². The molecule has 0 radical (unpaired) electrons. The smallest absolute Gasteiger partial charge is 0.213 e. The molecule has 1 fully saturated rings. The van der Waals surface area contributed by atoms with Crippen LogP contribution in [0.15, 0.2) is 67.0 Å². The molecule has 0 bridgehead atoms. The summed E-state index contributed by atoms with van der Waals surface area (Å²) in [6.45, 7) is 4.12. The number of halogens is 1. The van der Waals surface area contributed by atoms with E-state index in [0.29, 0.717) is 26.2 Å². The molecule has 0 amide bonds. The molecule has 4 rings (SSSR count). The minimum Gasteiger partial charge on any atom is -0.369 e. The van der Waals surface area contributed by atoms with Crippen LogP contribution < -0.4 is 4.90 Å². The van der Waals surface area contributed by atoms with E-state index in [9.17, 15) is 12.8 Å². The number of hydrogen-bond donors (Lipinski definition) is 0. The lowest BCUT2D eigenvalue weighted by Crippen LogP contribution is -2.49. The lowest BCUT2D eigenvalue weighted by molar-refractivity contribution is 0.385. The highest BCUT2D eigenvalue weighted by Gasteiger charge is 2.25. The first-order valence-electron chi connectivity index (χ1n) is 11.0. The number of piperazine rings is 1. The number of sulfonamides is 1. The van der Waals surface area contributed by atoms with E-state index in [1.54, 1.807) is 35.8 Å². The van der Waals surface area contributed by atoms with Gasteiger partial charge in [0.05, 0.1) is 5.75 Å². The molecule has 2 aromatic carbocycles. The highest BCUT2D eigenvalue weighted by Crippen LogP contribution is 2.23. The van der Waals surface area contributed by atoms with E-state index in [2.05, 4.69) is 34.1 Å². The average Bonchev–Trinajstić information content (AvgIpc) is 2.83. The molecule has 0 aliphatic carbocycles. The Balaban J connectivity index is 1.36. The van der Waals surface area contributed by atoms with Crippen LogP contribution in [-0.2, 0) is 22.9 Å². The second-order valence-electron chi connectivity index (χ2n) is 8.04. The van der Waals surface area contributed by atoms with E-state index < -0.39 is 10.0 Å². The number of hydrogen-bond acceptors (Lipinski definition) is 4. The molecular weight excluding hydrogens is 425 g/mol. The van der Waals surface area contributed by atoms with Crippen molar-refractivity contribution >= 4 is 15.7 Å². The minimum absolute atomic E-state index is 0.150. The van der Waals surface area contributed by atoms with E-state index in [4.69, 9.17) is 0 Å². The first kappa shape index (κ1) is 22.4. The molecule has 5 nitrogen and oxygen atoms in total. The van der Waals surface area contributed by atoms with Crippen molar-refractivity contribution < 1.29 is 12.8 Å². The Labute approximate surface area is 189 Å². The van der Waals surface area contributed by atoms with Crippen molar-refractivity contribution in [1.82, 2.24) is 9.29 Å². The van der Waals surface area contributed by atoms with Gasteiger partial charge in [-0.2, -0.15) is 4.31 Å². The maximum atomic E-state index is 14.2. The summed E-state index contributed by atoms with van der Waals surface area (Å²) in [5.41, 5.74) is 5.08. The van der Waals surface area contributed by atoms with Gasteiger partial charge in [0, 0.05) is 44.3 Å². The maximum Gasteiger partial charge on any atom is 0.213 e. The third-order valence-corrected chi connectivity index (χ3v) is 7.85. The van der Waals surface area contributed by atoms with Gasteiger partial charge in [0.2, 0.25) is 10.0 Å². The van der Waals surface area contributed by atoms with Crippen LogP contribution in [0.5, 0.6) is 0 Å². The summed E-state index contributed by atoms with van der Waals surface area (Å²) in [5.74, 6) is -0.0780. The first-order valence-corrected chi connectivity index (χ1v) is 12.6. The van der Waals surface area contributed by atoms with Crippen LogP contribution in [0.25, 0.3) is 11.1 Å². The van der Waals surface area contributed by atoms with Gasteiger partial charge in [0.1, 0.15) is 5.82 Å². The van der Waals surface area contributed by atoms with E-state index in [0.717, 1.165) is 35.2 Å². The second kappa shape index (κ2) is 9.79. The molecular formula is C25H28FN3O2S. The van der Waals surface area contributed by atoms with Crippen LogP contribution in [-0.4, -0.2) is 49.6 Å². The molecule has 32 heavy (non-hydrogen) atoms. The molecule has 1 saturated heterocycles. The number of rotatable bonds is 7. The fraction of sp³-hybridized carbons (Fsp3) is 0.320. The topological polar surface area (TPSA) is 53.5 Å². The summed E-state index contributed by atoms with van der Waals surface area (Å²) in [6.07, 6.45) is 5.00. The van der Waals surface area contributed by atoms with Gasteiger partial charge in [-0.05, 0) is 78.4 Å². The summed E-state index contributed by atoms with van der Waals surface area (Å²) in [7, 11) is -3.11. The summed E-state index contributed by atoms with van der Waals surface area (Å²) < 4.78 is 39.8. The second-order valence-corrected chi connectivity index (χ2v) is 10.3. The molecule has 7 heteroatoms. The Morgan fingerprint density at radius 1 is 0.844 bits per heavy atom. The summed E-state index contributed by atoms with van der Waals surface area (Å²) in [6, 6.07) is 17.4. The van der Waals surface area contributed by atoms with Crippen LogP contribution in [0.1, 0.15) is 18.1 Å². The van der Waals surface area contributed by atoms with Gasteiger partial charge < -0.3 is 4.90 Å². The lowest BCUT2D eigenvalue weighted by atomic mass is 9.99. The Bertz CT molecular complexity index is 1140. The van der Waals surface area contributed by atoms with Crippen molar-refractivity contribution in [3.8, 4) is 11.1 Å². The predicted octanol–water partition coefficient (Wildman–Crippen LogP) is 4.14. The van der Waals surface area contributed by atoms with Crippen molar-refractivity contribution in [1.29, 1.82) is 0 Å². The molecule has 0 unspecified atom stereocenters. The van der Waals surface area contributed by atoms with Crippen molar-refractivity contribution in [2.45, 2.75) is 19.8 Å². The average molecular weight is 454 g/mol. The molecule has 0 saturated carbocycles. The molecule has 1 aliphatic rings. The van der Waals surface area contributed by atoms with Gasteiger partial charge in [0.25, 0.3) is 0 Å². The van der Waals surface area contributed by atoms with Crippen LogP contribution >= 0.6 is 0 Å². The monoisotopic (exact) mass is 453 g/mol. The summed E-state index contributed by atoms with van der Waals surface area (Å²) in [4.78, 5) is 6.25. The fourth-order valence-electron chi connectivity index (χ4n) is 4.07.